The second-order valence-electron chi connectivity index (χ2n) is 3.76. The van der Waals surface area contributed by atoms with Crippen molar-refractivity contribution in [2.24, 2.45) is 0 Å². The van der Waals surface area contributed by atoms with Crippen LogP contribution in [0, 0.1) is 5.82 Å². The van der Waals surface area contributed by atoms with Gasteiger partial charge in [-0.2, -0.15) is 13.2 Å². The first-order valence-corrected chi connectivity index (χ1v) is 5.54. The molecule has 20 heavy (non-hydrogen) atoms. The fourth-order valence-electron chi connectivity index (χ4n) is 1.52. The van der Waals surface area contributed by atoms with E-state index in [1.807, 2.05) is 0 Å². The molecule has 3 nitrogen and oxygen atoms in total. The van der Waals surface area contributed by atoms with Crippen LogP contribution in [0.3, 0.4) is 0 Å². The van der Waals surface area contributed by atoms with Gasteiger partial charge >= 0.3 is 6.18 Å². The van der Waals surface area contributed by atoms with E-state index in [0.717, 1.165) is 24.5 Å². The van der Waals surface area contributed by atoms with Gasteiger partial charge in [-0.1, -0.05) is 11.6 Å². The third kappa shape index (κ3) is 2.77. The number of nitrogens with zero attached hydrogens (tertiary/aromatic N) is 2. The molecule has 0 aliphatic heterocycles. The Kier molecular flexibility index (Phi) is 3.71. The fourth-order valence-corrected chi connectivity index (χ4v) is 1.70. The van der Waals surface area contributed by atoms with Crippen LogP contribution < -0.4 is 0 Å². The van der Waals surface area contributed by atoms with E-state index in [0.29, 0.717) is 6.29 Å². The van der Waals surface area contributed by atoms with Crippen LogP contribution >= 0.6 is 11.6 Å². The third-order valence-electron chi connectivity index (χ3n) is 2.44. The predicted molar refractivity (Wildman–Crippen MR) is 62.8 cm³/mol. The molecule has 0 atom stereocenters. The van der Waals surface area contributed by atoms with Crippen molar-refractivity contribution in [3.8, 4) is 11.1 Å². The molecule has 0 aliphatic rings. The first-order chi connectivity index (χ1) is 9.32. The van der Waals surface area contributed by atoms with Crippen LogP contribution in [0.5, 0.6) is 0 Å². The number of halogens is 5. The molecule has 0 spiro atoms. The molecule has 1 aromatic heterocycles. The lowest BCUT2D eigenvalue weighted by molar-refractivity contribution is -0.144. The number of aldehydes is 1. The zero-order valence-electron chi connectivity index (χ0n) is 9.58. The predicted octanol–water partition coefficient (Wildman–Crippen LogP) is 3.77. The van der Waals surface area contributed by atoms with Gasteiger partial charge in [0.2, 0.25) is 5.82 Å². The molecule has 104 valence electrons. The Labute approximate surface area is 115 Å². The lowest BCUT2D eigenvalue weighted by atomic mass is 10.0. The summed E-state index contributed by atoms with van der Waals surface area (Å²) >= 11 is 5.52. The number of carbonyl (C=O) groups excluding carboxylic acids is 1. The van der Waals surface area contributed by atoms with Gasteiger partial charge in [0.15, 0.2) is 6.29 Å². The molecule has 0 aliphatic carbocycles. The molecule has 0 saturated carbocycles. The molecule has 2 rings (SSSR count). The third-order valence-corrected chi connectivity index (χ3v) is 2.73. The number of carbonyl (C=O) groups is 1. The van der Waals surface area contributed by atoms with Crippen molar-refractivity contribution < 1.29 is 22.4 Å². The highest BCUT2D eigenvalue weighted by Gasteiger charge is 2.34. The second-order valence-corrected chi connectivity index (χ2v) is 4.17. The molecule has 1 heterocycles. The monoisotopic (exact) mass is 304 g/mol. The Balaban J connectivity index is 2.52. The SMILES string of the molecule is O=Cc1cc(Cl)c(F)cc1-c1cnc(C(F)(F)F)nc1. The van der Waals surface area contributed by atoms with E-state index in [4.69, 9.17) is 11.6 Å². The first kappa shape index (κ1) is 14.4. The maximum absolute atomic E-state index is 13.4. The van der Waals surface area contributed by atoms with Crippen LogP contribution in [-0.2, 0) is 6.18 Å². The fraction of sp³-hybridized carbons (Fsp3) is 0.0833. The number of rotatable bonds is 2. The van der Waals surface area contributed by atoms with E-state index in [1.165, 1.54) is 0 Å². The van der Waals surface area contributed by atoms with Gasteiger partial charge < -0.3 is 0 Å². The van der Waals surface area contributed by atoms with Gasteiger partial charge in [-0.15, -0.1) is 0 Å². The quantitative estimate of drug-likeness (QED) is 0.626. The van der Waals surface area contributed by atoms with Crippen molar-refractivity contribution in [1.82, 2.24) is 9.97 Å². The summed E-state index contributed by atoms with van der Waals surface area (Å²) in [5, 5.41) is -0.260. The summed E-state index contributed by atoms with van der Waals surface area (Å²) in [7, 11) is 0. The van der Waals surface area contributed by atoms with Crippen LogP contribution in [0.25, 0.3) is 11.1 Å². The molecule has 0 amide bonds. The van der Waals surface area contributed by atoms with Gasteiger partial charge in [-0.25, -0.2) is 14.4 Å². The van der Waals surface area contributed by atoms with Crippen LogP contribution in [0.4, 0.5) is 17.6 Å². The van der Waals surface area contributed by atoms with E-state index in [1.54, 1.807) is 0 Å². The van der Waals surface area contributed by atoms with Gasteiger partial charge in [-0.3, -0.25) is 4.79 Å². The molecule has 0 radical (unpaired) electrons. The molecule has 2 aromatic rings. The van der Waals surface area contributed by atoms with E-state index >= 15 is 0 Å². The van der Waals surface area contributed by atoms with Crippen LogP contribution in [0.1, 0.15) is 16.2 Å². The Morgan fingerprint density at radius 1 is 1.15 bits per heavy atom. The van der Waals surface area contributed by atoms with E-state index < -0.39 is 17.8 Å². The lowest BCUT2D eigenvalue weighted by Gasteiger charge is -2.08. The van der Waals surface area contributed by atoms with Crippen molar-refractivity contribution in [3.05, 3.63) is 46.8 Å². The van der Waals surface area contributed by atoms with Gasteiger partial charge in [0.05, 0.1) is 5.02 Å². The van der Waals surface area contributed by atoms with Crippen molar-refractivity contribution >= 4 is 17.9 Å². The van der Waals surface area contributed by atoms with Crippen LogP contribution in [-0.4, -0.2) is 16.3 Å². The zero-order chi connectivity index (χ0) is 14.9. The molecule has 8 heteroatoms. The van der Waals surface area contributed by atoms with Crippen molar-refractivity contribution in [1.29, 1.82) is 0 Å². The molecule has 0 bridgehead atoms. The Hall–Kier alpha value is -2.02. The minimum absolute atomic E-state index is 0.0276. The smallest absolute Gasteiger partial charge is 0.298 e. The summed E-state index contributed by atoms with van der Waals surface area (Å²) in [5.74, 6) is -2.12. The number of alkyl halides is 3. The molecular weight excluding hydrogens is 300 g/mol. The molecule has 0 saturated heterocycles. The molecular formula is C12H5ClF4N2O. The standard InChI is InChI=1S/C12H5ClF4N2O/c13-9-1-6(5-20)8(2-10(9)14)7-3-18-11(19-4-7)12(15,16)17/h1-5H. The highest BCUT2D eigenvalue weighted by atomic mass is 35.5. The Bertz CT molecular complexity index is 656. The average molecular weight is 305 g/mol. The van der Waals surface area contributed by atoms with Crippen LogP contribution in [0.2, 0.25) is 5.02 Å². The van der Waals surface area contributed by atoms with E-state index in [-0.39, 0.29) is 21.7 Å². The molecule has 0 fully saturated rings. The Morgan fingerprint density at radius 2 is 1.75 bits per heavy atom. The highest BCUT2D eigenvalue weighted by Crippen LogP contribution is 2.29. The topological polar surface area (TPSA) is 42.9 Å². The van der Waals surface area contributed by atoms with Crippen molar-refractivity contribution in [2.45, 2.75) is 6.18 Å². The van der Waals surface area contributed by atoms with E-state index in [9.17, 15) is 22.4 Å². The van der Waals surface area contributed by atoms with Gasteiger partial charge in [0.25, 0.3) is 0 Å². The summed E-state index contributed by atoms with van der Waals surface area (Å²) in [6, 6.07) is 2.02. The number of hydrogen-bond acceptors (Lipinski definition) is 3. The van der Waals surface area contributed by atoms with Crippen LogP contribution in [0.15, 0.2) is 24.5 Å². The van der Waals surface area contributed by atoms with Gasteiger partial charge in [0.1, 0.15) is 5.82 Å². The summed E-state index contributed by atoms with van der Waals surface area (Å²) in [6.07, 6.45) is -2.52. The number of hydrogen-bond donors (Lipinski definition) is 0. The van der Waals surface area contributed by atoms with Gasteiger partial charge in [-0.05, 0) is 17.7 Å². The molecule has 1 aromatic carbocycles. The summed E-state index contributed by atoms with van der Waals surface area (Å²) in [6.45, 7) is 0. The first-order valence-electron chi connectivity index (χ1n) is 5.16. The van der Waals surface area contributed by atoms with Crippen molar-refractivity contribution in [3.63, 3.8) is 0 Å². The minimum Gasteiger partial charge on any atom is -0.298 e. The number of aromatic nitrogens is 2. The van der Waals surface area contributed by atoms with E-state index in [2.05, 4.69) is 9.97 Å². The largest absolute Gasteiger partial charge is 0.451 e. The summed E-state index contributed by atoms with van der Waals surface area (Å²) in [5.41, 5.74) is 0.172. The molecule has 0 N–H and O–H groups in total. The maximum atomic E-state index is 13.4. The molecule has 0 unspecified atom stereocenters. The minimum atomic E-state index is -4.67. The highest BCUT2D eigenvalue weighted by molar-refractivity contribution is 6.31. The average Bonchev–Trinajstić information content (AvgIpc) is 2.40. The zero-order valence-corrected chi connectivity index (χ0v) is 10.3. The summed E-state index contributed by atoms with van der Waals surface area (Å²) < 4.78 is 50.4. The van der Waals surface area contributed by atoms with Crippen molar-refractivity contribution in [2.75, 3.05) is 0 Å². The second kappa shape index (κ2) is 5.16. The summed E-state index contributed by atoms with van der Waals surface area (Å²) in [4.78, 5) is 17.2. The maximum Gasteiger partial charge on any atom is 0.451 e. The lowest BCUT2D eigenvalue weighted by Crippen LogP contribution is -2.10. The van der Waals surface area contributed by atoms with Gasteiger partial charge in [0, 0.05) is 23.5 Å². The number of benzene rings is 1. The normalized spacial score (nSPS) is 11.4. The Morgan fingerprint density at radius 3 is 2.25 bits per heavy atom.